The molecule has 0 bridgehead atoms. The monoisotopic (exact) mass is 239 g/mol. The highest BCUT2D eigenvalue weighted by Crippen LogP contribution is 2.06. The van der Waals surface area contributed by atoms with Gasteiger partial charge in [-0.05, 0) is 6.42 Å². The first-order chi connectivity index (χ1) is 7.38. The van der Waals surface area contributed by atoms with Gasteiger partial charge in [0.05, 0.1) is 0 Å². The number of halogens is 4. The molecule has 0 saturated carbocycles. The standard InChI is InChI=1S/C9H16N2.BF4/c1-3-5-7-11-8-6-10-9(11)4-2;2-1(3,4)5/h6,8H,3-5,7H2,1-2H3;/q;-1. The fourth-order valence-corrected chi connectivity index (χ4v) is 1.19. The fourth-order valence-electron chi connectivity index (χ4n) is 1.19. The molecule has 0 atom stereocenters. The minimum atomic E-state index is -6.00. The van der Waals surface area contributed by atoms with Gasteiger partial charge in [-0.3, -0.25) is 0 Å². The van der Waals surface area contributed by atoms with E-state index >= 15 is 0 Å². The van der Waals surface area contributed by atoms with Gasteiger partial charge in [-0.1, -0.05) is 20.3 Å². The molecule has 1 aromatic rings. The van der Waals surface area contributed by atoms with Crippen molar-refractivity contribution in [3.05, 3.63) is 18.2 Å². The molecule has 0 unspecified atom stereocenters. The lowest BCUT2D eigenvalue weighted by atomic mass is 10.3. The van der Waals surface area contributed by atoms with Crippen LogP contribution in [-0.2, 0) is 13.0 Å². The zero-order chi connectivity index (χ0) is 12.6. The van der Waals surface area contributed by atoms with E-state index in [2.05, 4.69) is 29.6 Å². The quantitative estimate of drug-likeness (QED) is 0.580. The van der Waals surface area contributed by atoms with E-state index in [1.165, 1.54) is 18.7 Å². The zero-order valence-corrected chi connectivity index (χ0v) is 9.47. The minimum Gasteiger partial charge on any atom is -0.418 e. The predicted molar refractivity (Wildman–Crippen MR) is 56.7 cm³/mol. The molecular formula is C9H16BF4N2-. The van der Waals surface area contributed by atoms with Crippen molar-refractivity contribution >= 4 is 7.25 Å². The van der Waals surface area contributed by atoms with E-state index in [1.54, 1.807) is 0 Å². The Labute approximate surface area is 92.8 Å². The molecule has 0 aliphatic carbocycles. The third-order valence-electron chi connectivity index (χ3n) is 1.87. The Balaban J connectivity index is 0.000000385. The second-order valence-electron chi connectivity index (χ2n) is 3.24. The molecule has 0 N–H and O–H groups in total. The first kappa shape index (κ1) is 15.0. The van der Waals surface area contributed by atoms with Gasteiger partial charge in [0.2, 0.25) is 0 Å². The van der Waals surface area contributed by atoms with Crippen LogP contribution in [0.15, 0.2) is 12.4 Å². The van der Waals surface area contributed by atoms with Crippen LogP contribution in [0, 0.1) is 0 Å². The van der Waals surface area contributed by atoms with Crippen molar-refractivity contribution in [2.45, 2.75) is 39.7 Å². The summed E-state index contributed by atoms with van der Waals surface area (Å²) in [6.45, 7) is 5.48. The SMILES string of the molecule is CCCCn1ccnc1CC.F[B-](F)(F)F. The summed E-state index contributed by atoms with van der Waals surface area (Å²) in [6, 6.07) is 0. The van der Waals surface area contributed by atoms with Crippen LogP contribution in [-0.4, -0.2) is 16.8 Å². The summed E-state index contributed by atoms with van der Waals surface area (Å²) in [5, 5.41) is 0. The molecule has 2 nitrogen and oxygen atoms in total. The summed E-state index contributed by atoms with van der Waals surface area (Å²) in [6.07, 6.45) is 7.49. The van der Waals surface area contributed by atoms with Gasteiger partial charge in [0, 0.05) is 25.4 Å². The topological polar surface area (TPSA) is 17.8 Å². The Kier molecular flexibility index (Phi) is 6.84. The molecule has 16 heavy (non-hydrogen) atoms. The van der Waals surface area contributed by atoms with Crippen LogP contribution in [0.1, 0.15) is 32.5 Å². The van der Waals surface area contributed by atoms with E-state index in [1.807, 2.05) is 6.20 Å². The number of rotatable bonds is 4. The van der Waals surface area contributed by atoms with Gasteiger partial charge < -0.3 is 21.8 Å². The molecular weight excluding hydrogens is 223 g/mol. The Hall–Kier alpha value is -1.01. The van der Waals surface area contributed by atoms with Gasteiger partial charge in [-0.15, -0.1) is 0 Å². The van der Waals surface area contributed by atoms with Gasteiger partial charge in [0.15, 0.2) is 0 Å². The number of imidazole rings is 1. The lowest BCUT2D eigenvalue weighted by Gasteiger charge is -2.03. The van der Waals surface area contributed by atoms with Crippen molar-refractivity contribution in [2.24, 2.45) is 0 Å². The second-order valence-corrected chi connectivity index (χ2v) is 3.24. The average Bonchev–Trinajstić information content (AvgIpc) is 2.59. The van der Waals surface area contributed by atoms with Crippen LogP contribution in [0.3, 0.4) is 0 Å². The fraction of sp³-hybridized carbons (Fsp3) is 0.667. The maximum atomic E-state index is 9.75. The number of nitrogens with zero attached hydrogens (tertiary/aromatic N) is 2. The Morgan fingerprint density at radius 1 is 1.25 bits per heavy atom. The lowest BCUT2D eigenvalue weighted by Crippen LogP contribution is -2.02. The molecule has 1 heterocycles. The van der Waals surface area contributed by atoms with Gasteiger partial charge in [0.1, 0.15) is 5.82 Å². The highest BCUT2D eigenvalue weighted by molar-refractivity contribution is 6.50. The third kappa shape index (κ3) is 8.32. The summed E-state index contributed by atoms with van der Waals surface area (Å²) < 4.78 is 41.2. The van der Waals surface area contributed by atoms with Gasteiger partial charge in [-0.2, -0.15) is 0 Å². The number of aryl methyl sites for hydroxylation is 2. The Morgan fingerprint density at radius 3 is 2.25 bits per heavy atom. The molecule has 7 heteroatoms. The molecule has 0 fully saturated rings. The van der Waals surface area contributed by atoms with E-state index in [9.17, 15) is 17.3 Å². The number of hydrogen-bond acceptors (Lipinski definition) is 1. The van der Waals surface area contributed by atoms with Crippen molar-refractivity contribution in [1.29, 1.82) is 0 Å². The Morgan fingerprint density at radius 2 is 1.81 bits per heavy atom. The molecule has 0 spiro atoms. The largest absolute Gasteiger partial charge is 0.673 e. The molecule has 1 aromatic heterocycles. The van der Waals surface area contributed by atoms with Crippen LogP contribution in [0.2, 0.25) is 0 Å². The summed E-state index contributed by atoms with van der Waals surface area (Å²) in [4.78, 5) is 4.25. The summed E-state index contributed by atoms with van der Waals surface area (Å²) in [5.74, 6) is 1.21. The predicted octanol–water partition coefficient (Wildman–Crippen LogP) is 3.55. The highest BCUT2D eigenvalue weighted by atomic mass is 19.5. The van der Waals surface area contributed by atoms with Crippen molar-refractivity contribution < 1.29 is 17.3 Å². The average molecular weight is 239 g/mol. The summed E-state index contributed by atoms with van der Waals surface area (Å²) in [7, 11) is -6.00. The van der Waals surface area contributed by atoms with Crippen molar-refractivity contribution in [3.63, 3.8) is 0 Å². The number of aromatic nitrogens is 2. The highest BCUT2D eigenvalue weighted by Gasteiger charge is 2.20. The summed E-state index contributed by atoms with van der Waals surface area (Å²) >= 11 is 0. The minimum absolute atomic E-state index is 1.04. The van der Waals surface area contributed by atoms with Gasteiger partial charge >= 0.3 is 7.25 Å². The van der Waals surface area contributed by atoms with Crippen LogP contribution >= 0.6 is 0 Å². The first-order valence-corrected chi connectivity index (χ1v) is 5.25. The van der Waals surface area contributed by atoms with E-state index in [4.69, 9.17) is 0 Å². The Bertz CT molecular complexity index is 279. The molecule has 0 amide bonds. The second kappa shape index (κ2) is 7.30. The molecule has 1 rings (SSSR count). The van der Waals surface area contributed by atoms with Gasteiger partial charge in [0.25, 0.3) is 0 Å². The van der Waals surface area contributed by atoms with Crippen LogP contribution in [0.4, 0.5) is 17.3 Å². The van der Waals surface area contributed by atoms with Crippen molar-refractivity contribution in [1.82, 2.24) is 9.55 Å². The zero-order valence-electron chi connectivity index (χ0n) is 9.47. The van der Waals surface area contributed by atoms with Crippen molar-refractivity contribution in [3.8, 4) is 0 Å². The van der Waals surface area contributed by atoms with E-state index in [0.29, 0.717) is 0 Å². The molecule has 0 aromatic carbocycles. The molecule has 94 valence electrons. The number of hydrogen-bond donors (Lipinski definition) is 0. The first-order valence-electron chi connectivity index (χ1n) is 5.25. The van der Waals surface area contributed by atoms with E-state index in [0.717, 1.165) is 13.0 Å². The summed E-state index contributed by atoms with van der Waals surface area (Å²) in [5.41, 5.74) is 0. The van der Waals surface area contributed by atoms with Crippen LogP contribution in [0.5, 0.6) is 0 Å². The molecule has 0 aliphatic heterocycles. The normalized spacial score (nSPS) is 10.9. The van der Waals surface area contributed by atoms with Crippen LogP contribution in [0.25, 0.3) is 0 Å². The van der Waals surface area contributed by atoms with Crippen LogP contribution < -0.4 is 0 Å². The smallest absolute Gasteiger partial charge is 0.418 e. The molecule has 0 aliphatic rings. The van der Waals surface area contributed by atoms with E-state index in [-0.39, 0.29) is 0 Å². The maximum absolute atomic E-state index is 9.75. The molecule has 0 saturated heterocycles. The lowest BCUT2D eigenvalue weighted by molar-refractivity contribution is 0.368. The van der Waals surface area contributed by atoms with E-state index < -0.39 is 7.25 Å². The molecule has 0 radical (unpaired) electrons. The van der Waals surface area contributed by atoms with Gasteiger partial charge in [-0.25, -0.2) is 4.98 Å². The third-order valence-corrected chi connectivity index (χ3v) is 1.87. The van der Waals surface area contributed by atoms with Crippen molar-refractivity contribution in [2.75, 3.05) is 0 Å². The maximum Gasteiger partial charge on any atom is 0.673 e. The number of unbranched alkanes of at least 4 members (excludes halogenated alkanes) is 1.